The summed E-state index contributed by atoms with van der Waals surface area (Å²) in [6.07, 6.45) is -4.31. The van der Waals surface area contributed by atoms with Crippen LogP contribution in [-0.4, -0.2) is 56.2 Å². The molecule has 0 unspecified atom stereocenters. The molecule has 27 heavy (non-hydrogen) atoms. The van der Waals surface area contributed by atoms with Crippen molar-refractivity contribution in [2.24, 2.45) is 0 Å². The van der Waals surface area contributed by atoms with E-state index in [4.69, 9.17) is 28.4 Å². The van der Waals surface area contributed by atoms with Crippen molar-refractivity contribution >= 4 is 17.9 Å². The first-order valence-electron chi connectivity index (χ1n) is 8.24. The molecule has 4 atom stereocenters. The van der Waals surface area contributed by atoms with Crippen LogP contribution in [0, 0.1) is 0 Å². The summed E-state index contributed by atoms with van der Waals surface area (Å²) in [5.74, 6) is -1.08. The molecule has 9 heteroatoms. The monoisotopic (exact) mass is 382 g/mol. The minimum absolute atomic E-state index is 0.116. The third kappa shape index (κ3) is 5.58. The van der Waals surface area contributed by atoms with E-state index in [0.29, 0.717) is 11.5 Å². The van der Waals surface area contributed by atoms with Gasteiger partial charge in [0.05, 0.1) is 13.7 Å². The van der Waals surface area contributed by atoms with Gasteiger partial charge in [-0.2, -0.15) is 0 Å². The van der Waals surface area contributed by atoms with Crippen LogP contribution in [0.1, 0.15) is 20.8 Å². The molecule has 0 N–H and O–H groups in total. The predicted molar refractivity (Wildman–Crippen MR) is 90.0 cm³/mol. The van der Waals surface area contributed by atoms with E-state index in [1.807, 2.05) is 0 Å². The first-order chi connectivity index (χ1) is 12.8. The highest BCUT2D eigenvalue weighted by atomic mass is 16.7. The van der Waals surface area contributed by atoms with Crippen LogP contribution in [0.15, 0.2) is 24.3 Å². The maximum Gasteiger partial charge on any atom is 0.303 e. The maximum absolute atomic E-state index is 11.6. The molecule has 0 bridgehead atoms. The Morgan fingerprint density at radius 2 is 1.44 bits per heavy atom. The summed E-state index contributed by atoms with van der Waals surface area (Å²) in [5, 5.41) is 0. The number of esters is 3. The van der Waals surface area contributed by atoms with Crippen LogP contribution in [0.4, 0.5) is 0 Å². The van der Waals surface area contributed by atoms with E-state index in [9.17, 15) is 14.4 Å². The fourth-order valence-electron chi connectivity index (χ4n) is 2.65. The van der Waals surface area contributed by atoms with Crippen LogP contribution >= 0.6 is 0 Å². The van der Waals surface area contributed by atoms with Crippen molar-refractivity contribution < 1.29 is 42.8 Å². The highest BCUT2D eigenvalue weighted by molar-refractivity contribution is 5.68. The van der Waals surface area contributed by atoms with Crippen LogP contribution in [0.5, 0.6) is 11.5 Å². The lowest BCUT2D eigenvalue weighted by molar-refractivity contribution is -0.260. The van der Waals surface area contributed by atoms with Gasteiger partial charge in [-0.15, -0.1) is 0 Å². The third-order valence-corrected chi connectivity index (χ3v) is 3.62. The predicted octanol–water partition coefficient (Wildman–Crippen LogP) is 1.23. The molecule has 1 saturated heterocycles. The quantitative estimate of drug-likeness (QED) is 0.530. The van der Waals surface area contributed by atoms with Gasteiger partial charge >= 0.3 is 17.9 Å². The standard InChI is InChI=1S/C18H22O9/c1-10(19)24-15-9-23-18(27-14-8-6-5-7-13(14)22-4)17(26-12(3)21)16(15)25-11(2)20/h5-8,15-18H,9H2,1-4H3/t15-,16+,17-,18+/m1/s1. The molecule has 0 spiro atoms. The lowest BCUT2D eigenvalue weighted by Gasteiger charge is -2.40. The summed E-state index contributed by atoms with van der Waals surface area (Å²) in [6, 6.07) is 6.82. The smallest absolute Gasteiger partial charge is 0.303 e. The van der Waals surface area contributed by atoms with Crippen molar-refractivity contribution in [2.45, 2.75) is 45.4 Å². The molecule has 0 aliphatic carbocycles. The molecular weight excluding hydrogens is 360 g/mol. The highest BCUT2D eigenvalue weighted by Crippen LogP contribution is 2.31. The Morgan fingerprint density at radius 3 is 2.00 bits per heavy atom. The molecule has 1 aromatic carbocycles. The van der Waals surface area contributed by atoms with Gasteiger partial charge in [-0.25, -0.2) is 0 Å². The van der Waals surface area contributed by atoms with E-state index in [1.165, 1.54) is 27.9 Å². The molecule has 1 aliphatic heterocycles. The van der Waals surface area contributed by atoms with Gasteiger partial charge < -0.3 is 28.4 Å². The zero-order chi connectivity index (χ0) is 20.0. The summed E-state index contributed by atoms with van der Waals surface area (Å²) in [6.45, 7) is 3.49. The molecule has 0 amide bonds. The molecule has 1 heterocycles. The second-order valence-electron chi connectivity index (χ2n) is 5.77. The Morgan fingerprint density at radius 1 is 0.889 bits per heavy atom. The van der Waals surface area contributed by atoms with Crippen molar-refractivity contribution in [3.63, 3.8) is 0 Å². The molecule has 0 saturated carbocycles. The first kappa shape index (κ1) is 20.5. The number of para-hydroxylation sites is 2. The number of hydrogen-bond acceptors (Lipinski definition) is 9. The van der Waals surface area contributed by atoms with Gasteiger partial charge in [0.2, 0.25) is 12.4 Å². The first-order valence-corrected chi connectivity index (χ1v) is 8.24. The van der Waals surface area contributed by atoms with Gasteiger partial charge in [0.1, 0.15) is 0 Å². The number of methoxy groups -OCH3 is 1. The zero-order valence-corrected chi connectivity index (χ0v) is 15.5. The molecule has 1 aliphatic rings. The van der Waals surface area contributed by atoms with Gasteiger partial charge in [-0.05, 0) is 12.1 Å². The van der Waals surface area contributed by atoms with Crippen LogP contribution in [0.25, 0.3) is 0 Å². The molecule has 9 nitrogen and oxygen atoms in total. The van der Waals surface area contributed by atoms with E-state index in [-0.39, 0.29) is 6.61 Å². The average Bonchev–Trinajstić information content (AvgIpc) is 2.59. The molecule has 0 aromatic heterocycles. The van der Waals surface area contributed by atoms with Gasteiger partial charge in [-0.1, -0.05) is 12.1 Å². The Kier molecular flexibility index (Phi) is 7.00. The Hall–Kier alpha value is -2.81. The number of ether oxygens (including phenoxy) is 6. The third-order valence-electron chi connectivity index (χ3n) is 3.62. The minimum Gasteiger partial charge on any atom is -0.493 e. The molecule has 2 rings (SSSR count). The molecule has 0 radical (unpaired) electrons. The van der Waals surface area contributed by atoms with Crippen molar-refractivity contribution in [1.82, 2.24) is 0 Å². The molecular formula is C18H22O9. The minimum atomic E-state index is -1.16. The summed E-state index contributed by atoms with van der Waals surface area (Å²) >= 11 is 0. The summed E-state index contributed by atoms with van der Waals surface area (Å²) in [5.41, 5.74) is 0. The SMILES string of the molecule is COc1ccccc1O[C@@H]1OC[C@@H](OC(C)=O)[C@H](OC(C)=O)[C@H]1OC(C)=O. The van der Waals surface area contributed by atoms with E-state index in [2.05, 4.69) is 0 Å². The second kappa shape index (κ2) is 9.22. The Labute approximate surface area is 156 Å². The van der Waals surface area contributed by atoms with E-state index < -0.39 is 42.5 Å². The van der Waals surface area contributed by atoms with Crippen molar-refractivity contribution in [3.8, 4) is 11.5 Å². The Bertz CT molecular complexity index is 687. The van der Waals surface area contributed by atoms with E-state index >= 15 is 0 Å². The van der Waals surface area contributed by atoms with Crippen molar-refractivity contribution in [1.29, 1.82) is 0 Å². The average molecular weight is 382 g/mol. The fraction of sp³-hybridized carbons (Fsp3) is 0.500. The van der Waals surface area contributed by atoms with Crippen LogP contribution in [-0.2, 0) is 33.3 Å². The van der Waals surface area contributed by atoms with E-state index in [1.54, 1.807) is 24.3 Å². The second-order valence-corrected chi connectivity index (χ2v) is 5.77. The van der Waals surface area contributed by atoms with Crippen LogP contribution < -0.4 is 9.47 Å². The normalized spacial score (nSPS) is 24.4. The summed E-state index contributed by atoms with van der Waals surface area (Å²) < 4.78 is 32.3. The summed E-state index contributed by atoms with van der Waals surface area (Å²) in [7, 11) is 1.48. The lowest BCUT2D eigenvalue weighted by atomic mass is 10.0. The molecule has 148 valence electrons. The van der Waals surface area contributed by atoms with Gasteiger partial charge in [0.25, 0.3) is 0 Å². The number of rotatable bonds is 6. The lowest BCUT2D eigenvalue weighted by Crippen LogP contribution is -2.59. The number of carbonyl (C=O) groups excluding carboxylic acids is 3. The Balaban J connectivity index is 2.31. The summed E-state index contributed by atoms with van der Waals surface area (Å²) in [4.78, 5) is 34.5. The van der Waals surface area contributed by atoms with Crippen molar-refractivity contribution in [3.05, 3.63) is 24.3 Å². The van der Waals surface area contributed by atoms with Gasteiger partial charge in [-0.3, -0.25) is 14.4 Å². The van der Waals surface area contributed by atoms with Gasteiger partial charge in [0.15, 0.2) is 23.7 Å². The maximum atomic E-state index is 11.6. The van der Waals surface area contributed by atoms with Crippen LogP contribution in [0.2, 0.25) is 0 Å². The topological polar surface area (TPSA) is 107 Å². The fourth-order valence-corrected chi connectivity index (χ4v) is 2.65. The van der Waals surface area contributed by atoms with Crippen LogP contribution in [0.3, 0.4) is 0 Å². The largest absolute Gasteiger partial charge is 0.493 e. The van der Waals surface area contributed by atoms with E-state index in [0.717, 1.165) is 0 Å². The number of carbonyl (C=O) groups is 3. The molecule has 1 aromatic rings. The number of benzene rings is 1. The number of hydrogen-bond donors (Lipinski definition) is 0. The molecule has 1 fully saturated rings. The zero-order valence-electron chi connectivity index (χ0n) is 15.5. The highest BCUT2D eigenvalue weighted by Gasteiger charge is 2.48. The van der Waals surface area contributed by atoms with Crippen molar-refractivity contribution in [2.75, 3.05) is 13.7 Å². The van der Waals surface area contributed by atoms with Gasteiger partial charge in [0, 0.05) is 20.8 Å².